The lowest BCUT2D eigenvalue weighted by Gasteiger charge is -2.34. The van der Waals surface area contributed by atoms with Crippen LogP contribution in [0.5, 0.6) is 0 Å². The summed E-state index contributed by atoms with van der Waals surface area (Å²) in [5.74, 6) is 1.70. The van der Waals surface area contributed by atoms with Gasteiger partial charge in [0.2, 0.25) is 0 Å². The Labute approximate surface area is 122 Å². The van der Waals surface area contributed by atoms with Crippen LogP contribution in [0.3, 0.4) is 0 Å². The summed E-state index contributed by atoms with van der Waals surface area (Å²) in [6.07, 6.45) is 7.71. The molecular weight excluding hydrogens is 250 g/mol. The summed E-state index contributed by atoms with van der Waals surface area (Å²) in [4.78, 5) is 1.36. The molecule has 1 nitrogen and oxygen atoms in total. The van der Waals surface area contributed by atoms with Gasteiger partial charge in [0.1, 0.15) is 0 Å². The Kier molecular flexibility index (Phi) is 5.77. The molecule has 2 heteroatoms. The first-order valence-corrected chi connectivity index (χ1v) is 8.84. The highest BCUT2D eigenvalue weighted by atomic mass is 32.2. The highest BCUT2D eigenvalue weighted by molar-refractivity contribution is 7.98. The van der Waals surface area contributed by atoms with Crippen LogP contribution in [0, 0.1) is 11.8 Å². The molecule has 106 valence electrons. The first-order valence-electron chi connectivity index (χ1n) is 7.62. The average molecular weight is 277 g/mol. The van der Waals surface area contributed by atoms with Crippen molar-refractivity contribution in [2.75, 3.05) is 12.8 Å². The van der Waals surface area contributed by atoms with E-state index in [-0.39, 0.29) is 0 Å². The normalized spacial score (nSPS) is 25.2. The van der Waals surface area contributed by atoms with Crippen LogP contribution in [0.15, 0.2) is 29.2 Å². The molecule has 0 heterocycles. The van der Waals surface area contributed by atoms with Gasteiger partial charge < -0.3 is 5.32 Å². The topological polar surface area (TPSA) is 12.0 Å². The molecule has 3 unspecified atom stereocenters. The van der Waals surface area contributed by atoms with Gasteiger partial charge in [-0.3, -0.25) is 0 Å². The maximum Gasteiger partial charge on any atom is 0.0348 e. The minimum Gasteiger partial charge on any atom is -0.310 e. The maximum absolute atomic E-state index is 3.72. The van der Waals surface area contributed by atoms with E-state index in [1.165, 1.54) is 36.1 Å². The van der Waals surface area contributed by atoms with Gasteiger partial charge in [0, 0.05) is 10.9 Å². The van der Waals surface area contributed by atoms with E-state index in [1.807, 2.05) is 11.8 Å². The van der Waals surface area contributed by atoms with E-state index in [9.17, 15) is 0 Å². The smallest absolute Gasteiger partial charge is 0.0348 e. The van der Waals surface area contributed by atoms with Gasteiger partial charge in [0.15, 0.2) is 0 Å². The quantitative estimate of drug-likeness (QED) is 0.769. The fraction of sp³-hybridized carbons (Fsp3) is 0.647. The standard InChI is InChI=1S/C17H27NS/c1-4-18-17(15-7-5-6-13(2)12-15)14-8-10-16(19-3)11-9-14/h8-11,13,15,17-18H,4-7,12H2,1-3H3. The molecule has 1 aromatic rings. The Bertz CT molecular complexity index is 373. The summed E-state index contributed by atoms with van der Waals surface area (Å²) in [7, 11) is 0. The lowest BCUT2D eigenvalue weighted by atomic mass is 9.76. The van der Waals surface area contributed by atoms with E-state index in [4.69, 9.17) is 0 Å². The third kappa shape index (κ3) is 4.00. The van der Waals surface area contributed by atoms with E-state index >= 15 is 0 Å². The van der Waals surface area contributed by atoms with Crippen molar-refractivity contribution >= 4 is 11.8 Å². The van der Waals surface area contributed by atoms with Crippen LogP contribution in [-0.4, -0.2) is 12.8 Å². The molecule has 1 saturated carbocycles. The Morgan fingerprint density at radius 3 is 2.58 bits per heavy atom. The van der Waals surface area contributed by atoms with E-state index in [0.717, 1.165) is 18.4 Å². The molecule has 1 aliphatic rings. The summed E-state index contributed by atoms with van der Waals surface area (Å²) < 4.78 is 0. The average Bonchev–Trinajstić information content (AvgIpc) is 2.45. The molecule has 0 saturated heterocycles. The summed E-state index contributed by atoms with van der Waals surface area (Å²) in [6.45, 7) is 5.68. The zero-order chi connectivity index (χ0) is 13.7. The maximum atomic E-state index is 3.72. The molecule has 2 rings (SSSR count). The molecule has 0 aliphatic heterocycles. The van der Waals surface area contributed by atoms with Gasteiger partial charge >= 0.3 is 0 Å². The molecule has 0 spiro atoms. The van der Waals surface area contributed by atoms with Crippen LogP contribution >= 0.6 is 11.8 Å². The van der Waals surface area contributed by atoms with Gasteiger partial charge in [0.25, 0.3) is 0 Å². The molecule has 1 aliphatic carbocycles. The lowest BCUT2D eigenvalue weighted by molar-refractivity contribution is 0.225. The van der Waals surface area contributed by atoms with Gasteiger partial charge in [0.05, 0.1) is 0 Å². The van der Waals surface area contributed by atoms with Crippen LogP contribution < -0.4 is 5.32 Å². The second kappa shape index (κ2) is 7.35. The molecule has 0 aromatic heterocycles. The Hall–Kier alpha value is -0.470. The second-order valence-corrected chi connectivity index (χ2v) is 6.72. The molecular formula is C17H27NS. The van der Waals surface area contributed by atoms with Gasteiger partial charge in [-0.05, 0) is 55.2 Å². The largest absolute Gasteiger partial charge is 0.310 e. The fourth-order valence-corrected chi connectivity index (χ4v) is 3.78. The summed E-state index contributed by atoms with van der Waals surface area (Å²) in [6, 6.07) is 9.70. The van der Waals surface area contributed by atoms with Gasteiger partial charge in [-0.25, -0.2) is 0 Å². The van der Waals surface area contributed by atoms with Crippen molar-refractivity contribution in [2.45, 2.75) is 50.5 Å². The van der Waals surface area contributed by atoms with Crippen molar-refractivity contribution in [3.05, 3.63) is 29.8 Å². The van der Waals surface area contributed by atoms with E-state index in [1.54, 1.807) is 0 Å². The Balaban J connectivity index is 2.13. The first kappa shape index (κ1) is 14.9. The Morgan fingerprint density at radius 2 is 2.00 bits per heavy atom. The molecule has 0 bridgehead atoms. The minimum absolute atomic E-state index is 0.545. The van der Waals surface area contributed by atoms with Crippen LogP contribution in [0.4, 0.5) is 0 Å². The summed E-state index contributed by atoms with van der Waals surface area (Å²) >= 11 is 1.82. The first-order chi connectivity index (χ1) is 9.24. The third-order valence-electron chi connectivity index (χ3n) is 4.35. The molecule has 1 N–H and O–H groups in total. The molecule has 1 fully saturated rings. The Morgan fingerprint density at radius 1 is 1.26 bits per heavy atom. The molecule has 0 amide bonds. The third-order valence-corrected chi connectivity index (χ3v) is 5.09. The summed E-state index contributed by atoms with van der Waals surface area (Å²) in [5.41, 5.74) is 1.47. The number of thioether (sulfide) groups is 1. The van der Waals surface area contributed by atoms with Gasteiger partial charge in [-0.15, -0.1) is 11.8 Å². The van der Waals surface area contributed by atoms with Crippen molar-refractivity contribution in [2.24, 2.45) is 11.8 Å². The van der Waals surface area contributed by atoms with Crippen molar-refractivity contribution in [3.63, 3.8) is 0 Å². The van der Waals surface area contributed by atoms with Crippen LogP contribution in [0.1, 0.15) is 51.1 Å². The number of nitrogens with one attached hydrogen (secondary N) is 1. The number of benzene rings is 1. The van der Waals surface area contributed by atoms with E-state index in [0.29, 0.717) is 6.04 Å². The highest BCUT2D eigenvalue weighted by Crippen LogP contribution is 2.37. The second-order valence-electron chi connectivity index (χ2n) is 5.84. The summed E-state index contributed by atoms with van der Waals surface area (Å²) in [5, 5.41) is 3.72. The molecule has 19 heavy (non-hydrogen) atoms. The van der Waals surface area contributed by atoms with Gasteiger partial charge in [-0.2, -0.15) is 0 Å². The van der Waals surface area contributed by atoms with Crippen LogP contribution in [-0.2, 0) is 0 Å². The van der Waals surface area contributed by atoms with Crippen molar-refractivity contribution < 1.29 is 0 Å². The SMILES string of the molecule is CCNC(c1ccc(SC)cc1)C1CCCC(C)C1. The van der Waals surface area contributed by atoms with E-state index in [2.05, 4.69) is 49.7 Å². The number of hydrogen-bond donors (Lipinski definition) is 1. The van der Waals surface area contributed by atoms with E-state index < -0.39 is 0 Å². The monoisotopic (exact) mass is 277 g/mol. The highest BCUT2D eigenvalue weighted by Gasteiger charge is 2.27. The van der Waals surface area contributed by atoms with Gasteiger partial charge in [-0.1, -0.05) is 38.8 Å². The number of rotatable bonds is 5. The van der Waals surface area contributed by atoms with Crippen LogP contribution in [0.25, 0.3) is 0 Å². The molecule has 0 radical (unpaired) electrons. The predicted octanol–water partition coefficient (Wildman–Crippen LogP) is 4.89. The fourth-order valence-electron chi connectivity index (χ4n) is 3.37. The zero-order valence-electron chi connectivity index (χ0n) is 12.5. The van der Waals surface area contributed by atoms with Crippen LogP contribution in [0.2, 0.25) is 0 Å². The molecule has 3 atom stereocenters. The van der Waals surface area contributed by atoms with Crippen molar-refractivity contribution in [1.82, 2.24) is 5.32 Å². The predicted molar refractivity (Wildman–Crippen MR) is 85.8 cm³/mol. The minimum atomic E-state index is 0.545. The van der Waals surface area contributed by atoms with Crippen molar-refractivity contribution in [3.8, 4) is 0 Å². The van der Waals surface area contributed by atoms with Crippen molar-refractivity contribution in [1.29, 1.82) is 0 Å². The number of hydrogen-bond acceptors (Lipinski definition) is 2. The molecule has 1 aromatic carbocycles. The lowest BCUT2D eigenvalue weighted by Crippen LogP contribution is -2.31. The zero-order valence-corrected chi connectivity index (χ0v) is 13.3.